The van der Waals surface area contributed by atoms with Crippen molar-refractivity contribution in [3.8, 4) is 11.5 Å². The Hall–Kier alpha value is -3.93. The summed E-state index contributed by atoms with van der Waals surface area (Å²) in [4.78, 5) is 24.4. The number of nitrogens with one attached hydrogen (secondary N) is 1. The van der Waals surface area contributed by atoms with E-state index in [1.165, 1.54) is 6.21 Å². The first-order valence-electron chi connectivity index (χ1n) is 9.96. The number of esters is 1. The molecular weight excluding hydrogens is 392 g/mol. The van der Waals surface area contributed by atoms with Crippen molar-refractivity contribution in [3.05, 3.63) is 95.1 Å². The van der Waals surface area contributed by atoms with E-state index in [1.54, 1.807) is 30.3 Å². The average molecular weight is 416 g/mol. The van der Waals surface area contributed by atoms with Crippen LogP contribution in [0.5, 0.6) is 11.5 Å². The van der Waals surface area contributed by atoms with Gasteiger partial charge in [-0.3, -0.25) is 4.79 Å². The fraction of sp³-hybridized carbons (Fsp3) is 0.160. The Labute approximate surface area is 181 Å². The predicted molar refractivity (Wildman–Crippen MR) is 120 cm³/mol. The zero-order chi connectivity index (χ0) is 22.1. The lowest BCUT2D eigenvalue weighted by molar-refractivity contribution is -0.120. The zero-order valence-corrected chi connectivity index (χ0v) is 17.5. The molecular formula is C25H24N2O4. The molecule has 158 valence electrons. The highest BCUT2D eigenvalue weighted by Crippen LogP contribution is 2.29. The van der Waals surface area contributed by atoms with Crippen LogP contribution in [0.2, 0.25) is 0 Å². The van der Waals surface area contributed by atoms with Gasteiger partial charge < -0.3 is 9.47 Å². The molecule has 0 aromatic heterocycles. The molecule has 0 saturated carbocycles. The maximum absolute atomic E-state index is 12.4. The molecule has 0 aliphatic carbocycles. The Balaban J connectivity index is 1.65. The van der Waals surface area contributed by atoms with E-state index >= 15 is 0 Å². The first-order chi connectivity index (χ1) is 15.0. The predicted octanol–water partition coefficient (Wildman–Crippen LogP) is 4.31. The summed E-state index contributed by atoms with van der Waals surface area (Å²) in [5.74, 6) is 0.0619. The highest BCUT2D eigenvalue weighted by Gasteiger charge is 2.13. The molecule has 0 radical (unpaired) electrons. The molecule has 0 spiro atoms. The summed E-state index contributed by atoms with van der Waals surface area (Å²) >= 11 is 0. The Morgan fingerprint density at radius 2 is 1.71 bits per heavy atom. The molecule has 3 aromatic rings. The number of carbonyl (C=O) groups excluding carboxylic acids is 2. The smallest absolute Gasteiger partial charge is 0.343 e. The quantitative estimate of drug-likeness (QED) is 0.257. The SMILES string of the molecule is CCOc1cc(C=NNC(=O)Cc2ccccc2)ccc1OC(=O)c1ccc(C)cc1. The second kappa shape index (κ2) is 10.7. The molecule has 31 heavy (non-hydrogen) atoms. The molecule has 3 aromatic carbocycles. The lowest BCUT2D eigenvalue weighted by Gasteiger charge is -2.11. The fourth-order valence-electron chi connectivity index (χ4n) is 2.81. The molecule has 0 atom stereocenters. The number of ether oxygens (including phenoxy) is 2. The van der Waals surface area contributed by atoms with Gasteiger partial charge in [-0.05, 0) is 55.3 Å². The third-order valence-corrected chi connectivity index (χ3v) is 4.37. The highest BCUT2D eigenvalue weighted by molar-refractivity contribution is 5.91. The van der Waals surface area contributed by atoms with Crippen LogP contribution in [0.25, 0.3) is 0 Å². The molecule has 0 heterocycles. The fourth-order valence-corrected chi connectivity index (χ4v) is 2.81. The minimum Gasteiger partial charge on any atom is -0.490 e. The summed E-state index contributed by atoms with van der Waals surface area (Å²) in [6.07, 6.45) is 1.76. The molecule has 6 heteroatoms. The Morgan fingerprint density at radius 3 is 2.42 bits per heavy atom. The topological polar surface area (TPSA) is 77.0 Å². The normalized spacial score (nSPS) is 10.6. The lowest BCUT2D eigenvalue weighted by atomic mass is 10.1. The van der Waals surface area contributed by atoms with E-state index in [-0.39, 0.29) is 12.3 Å². The number of nitrogens with zero attached hydrogens (tertiary/aromatic N) is 1. The first-order valence-corrected chi connectivity index (χ1v) is 9.96. The zero-order valence-electron chi connectivity index (χ0n) is 17.5. The maximum atomic E-state index is 12.4. The Morgan fingerprint density at radius 1 is 0.968 bits per heavy atom. The molecule has 1 N–H and O–H groups in total. The minimum atomic E-state index is -0.462. The van der Waals surface area contributed by atoms with E-state index in [1.807, 2.05) is 56.3 Å². The van der Waals surface area contributed by atoms with Gasteiger partial charge in [-0.15, -0.1) is 0 Å². The second-order valence-electron chi connectivity index (χ2n) is 6.85. The summed E-state index contributed by atoms with van der Waals surface area (Å²) in [5.41, 5.74) is 5.63. The van der Waals surface area contributed by atoms with E-state index in [9.17, 15) is 9.59 Å². The van der Waals surface area contributed by atoms with Gasteiger partial charge in [0.1, 0.15) is 0 Å². The largest absolute Gasteiger partial charge is 0.490 e. The molecule has 6 nitrogen and oxygen atoms in total. The maximum Gasteiger partial charge on any atom is 0.343 e. The van der Waals surface area contributed by atoms with E-state index in [0.29, 0.717) is 29.2 Å². The van der Waals surface area contributed by atoms with Crippen molar-refractivity contribution in [2.24, 2.45) is 5.10 Å². The molecule has 0 fully saturated rings. The number of hydrogen-bond acceptors (Lipinski definition) is 5. The minimum absolute atomic E-state index is 0.212. The van der Waals surface area contributed by atoms with Crippen molar-refractivity contribution in [2.75, 3.05) is 6.61 Å². The van der Waals surface area contributed by atoms with Crippen molar-refractivity contribution in [3.63, 3.8) is 0 Å². The van der Waals surface area contributed by atoms with E-state index < -0.39 is 5.97 Å². The van der Waals surface area contributed by atoms with Crippen molar-refractivity contribution in [1.82, 2.24) is 5.43 Å². The van der Waals surface area contributed by atoms with Crippen LogP contribution in [0.15, 0.2) is 77.9 Å². The summed E-state index contributed by atoms with van der Waals surface area (Å²) in [7, 11) is 0. The molecule has 0 bridgehead atoms. The van der Waals surface area contributed by atoms with Crippen LogP contribution >= 0.6 is 0 Å². The molecule has 0 unspecified atom stereocenters. The number of hydrazone groups is 1. The molecule has 1 amide bonds. The van der Waals surface area contributed by atoms with Crippen LogP contribution in [0.1, 0.15) is 34.0 Å². The van der Waals surface area contributed by atoms with E-state index in [0.717, 1.165) is 11.1 Å². The summed E-state index contributed by atoms with van der Waals surface area (Å²) in [6.45, 7) is 4.20. The van der Waals surface area contributed by atoms with Crippen LogP contribution in [0.3, 0.4) is 0 Å². The molecule has 0 aliphatic rings. The summed E-state index contributed by atoms with van der Waals surface area (Å²) in [6, 6.07) is 21.7. The van der Waals surface area contributed by atoms with Crippen molar-refractivity contribution in [1.29, 1.82) is 0 Å². The van der Waals surface area contributed by atoms with Gasteiger partial charge in [0.05, 0.1) is 24.8 Å². The molecule has 0 aliphatic heterocycles. The third kappa shape index (κ3) is 6.54. The Kier molecular flexibility index (Phi) is 7.54. The number of carbonyl (C=O) groups is 2. The van der Waals surface area contributed by atoms with E-state index in [2.05, 4.69) is 10.5 Å². The standard InChI is InChI=1S/C25H24N2O4/c1-3-30-23-15-20(17-26-27-24(28)16-19-7-5-4-6-8-19)11-14-22(23)31-25(29)21-12-9-18(2)10-13-21/h4-15,17H,3,16H2,1-2H3,(H,27,28). The van der Waals surface area contributed by atoms with Crippen LogP contribution in [-0.2, 0) is 11.2 Å². The van der Waals surface area contributed by atoms with Crippen LogP contribution in [-0.4, -0.2) is 24.7 Å². The highest BCUT2D eigenvalue weighted by atomic mass is 16.6. The number of hydrogen-bond donors (Lipinski definition) is 1. The lowest BCUT2D eigenvalue weighted by Crippen LogP contribution is -2.19. The molecule has 3 rings (SSSR count). The molecule has 0 saturated heterocycles. The number of amides is 1. The van der Waals surface area contributed by atoms with Gasteiger partial charge in [-0.1, -0.05) is 48.0 Å². The number of rotatable bonds is 8. The van der Waals surface area contributed by atoms with Gasteiger partial charge in [0, 0.05) is 0 Å². The monoisotopic (exact) mass is 416 g/mol. The van der Waals surface area contributed by atoms with Gasteiger partial charge in [-0.25, -0.2) is 10.2 Å². The average Bonchev–Trinajstić information content (AvgIpc) is 2.77. The number of benzene rings is 3. The van der Waals surface area contributed by atoms with Gasteiger partial charge in [0.25, 0.3) is 0 Å². The third-order valence-electron chi connectivity index (χ3n) is 4.37. The van der Waals surface area contributed by atoms with Crippen molar-refractivity contribution < 1.29 is 19.1 Å². The van der Waals surface area contributed by atoms with Gasteiger partial charge in [0.2, 0.25) is 5.91 Å². The Bertz CT molecular complexity index is 1060. The van der Waals surface area contributed by atoms with Crippen LogP contribution in [0, 0.1) is 6.92 Å². The van der Waals surface area contributed by atoms with Gasteiger partial charge in [0.15, 0.2) is 11.5 Å². The summed E-state index contributed by atoms with van der Waals surface area (Å²) < 4.78 is 11.1. The van der Waals surface area contributed by atoms with Crippen LogP contribution < -0.4 is 14.9 Å². The van der Waals surface area contributed by atoms with Crippen molar-refractivity contribution >= 4 is 18.1 Å². The van der Waals surface area contributed by atoms with Crippen molar-refractivity contribution in [2.45, 2.75) is 20.3 Å². The first kappa shape index (κ1) is 21.8. The van der Waals surface area contributed by atoms with Crippen LogP contribution in [0.4, 0.5) is 0 Å². The van der Waals surface area contributed by atoms with Gasteiger partial charge in [-0.2, -0.15) is 5.10 Å². The number of aryl methyl sites for hydroxylation is 1. The summed E-state index contributed by atoms with van der Waals surface area (Å²) in [5, 5.41) is 4.00. The van der Waals surface area contributed by atoms with E-state index in [4.69, 9.17) is 9.47 Å². The second-order valence-corrected chi connectivity index (χ2v) is 6.85. The van der Waals surface area contributed by atoms with Gasteiger partial charge >= 0.3 is 5.97 Å².